The fraction of sp³-hybridized carbons (Fsp3) is 0.625. The highest BCUT2D eigenvalue weighted by molar-refractivity contribution is 7.91. The van der Waals surface area contributed by atoms with Gasteiger partial charge in [-0.1, -0.05) is 0 Å². The van der Waals surface area contributed by atoms with E-state index >= 15 is 0 Å². The van der Waals surface area contributed by atoms with Crippen LogP contribution in [0.15, 0.2) is 17.0 Å². The zero-order chi connectivity index (χ0) is 18.0. The number of ether oxygens (including phenoxy) is 1. The summed E-state index contributed by atoms with van der Waals surface area (Å²) in [5.41, 5.74) is 1.39. The Kier molecular flexibility index (Phi) is 5.93. The molecular weight excluding hydrogens is 350 g/mol. The first kappa shape index (κ1) is 19.2. The van der Waals surface area contributed by atoms with Gasteiger partial charge in [-0.3, -0.25) is 0 Å². The van der Waals surface area contributed by atoms with Gasteiger partial charge in [-0.2, -0.15) is 0 Å². The SMILES string of the molecule is COc1cc(C)c(S(=O)(=O)NCCCC2CCS(=O)(=O)C2)cc1C. The van der Waals surface area contributed by atoms with Crippen LogP contribution in [-0.2, 0) is 19.9 Å². The lowest BCUT2D eigenvalue weighted by Crippen LogP contribution is -2.26. The van der Waals surface area contributed by atoms with E-state index in [1.165, 1.54) is 0 Å². The summed E-state index contributed by atoms with van der Waals surface area (Å²) in [5.74, 6) is 1.31. The van der Waals surface area contributed by atoms with Gasteiger partial charge < -0.3 is 4.74 Å². The van der Waals surface area contributed by atoms with Crippen molar-refractivity contribution >= 4 is 19.9 Å². The van der Waals surface area contributed by atoms with E-state index in [9.17, 15) is 16.8 Å². The molecule has 1 aliphatic rings. The largest absolute Gasteiger partial charge is 0.496 e. The van der Waals surface area contributed by atoms with Crippen LogP contribution >= 0.6 is 0 Å². The lowest BCUT2D eigenvalue weighted by Gasteiger charge is -2.13. The van der Waals surface area contributed by atoms with Crippen LogP contribution in [0.5, 0.6) is 5.75 Å². The van der Waals surface area contributed by atoms with Crippen molar-refractivity contribution in [3.8, 4) is 5.75 Å². The zero-order valence-electron chi connectivity index (χ0n) is 14.3. The van der Waals surface area contributed by atoms with Crippen LogP contribution in [0.25, 0.3) is 0 Å². The van der Waals surface area contributed by atoms with Crippen molar-refractivity contribution in [2.24, 2.45) is 5.92 Å². The Morgan fingerprint density at radius 3 is 2.54 bits per heavy atom. The van der Waals surface area contributed by atoms with Crippen LogP contribution in [0.3, 0.4) is 0 Å². The van der Waals surface area contributed by atoms with Crippen LogP contribution in [-0.4, -0.2) is 42.0 Å². The molecular formula is C16H25NO5S2. The fourth-order valence-electron chi connectivity index (χ4n) is 3.05. The Morgan fingerprint density at radius 1 is 1.25 bits per heavy atom. The highest BCUT2D eigenvalue weighted by Crippen LogP contribution is 2.26. The predicted octanol–water partition coefficient (Wildman–Crippen LogP) is 1.81. The van der Waals surface area contributed by atoms with E-state index in [2.05, 4.69) is 4.72 Å². The molecule has 0 spiro atoms. The maximum atomic E-state index is 12.5. The van der Waals surface area contributed by atoms with E-state index in [0.29, 0.717) is 30.7 Å². The van der Waals surface area contributed by atoms with Gasteiger partial charge in [-0.15, -0.1) is 0 Å². The van der Waals surface area contributed by atoms with Crippen molar-refractivity contribution in [1.29, 1.82) is 0 Å². The average molecular weight is 376 g/mol. The lowest BCUT2D eigenvalue weighted by atomic mass is 10.0. The van der Waals surface area contributed by atoms with E-state index in [1.807, 2.05) is 0 Å². The number of hydrogen-bond donors (Lipinski definition) is 1. The molecule has 0 aliphatic carbocycles. The molecule has 1 aliphatic heterocycles. The molecule has 24 heavy (non-hydrogen) atoms. The Labute approximate surface area is 144 Å². The molecule has 1 heterocycles. The van der Waals surface area contributed by atoms with Crippen LogP contribution in [0.2, 0.25) is 0 Å². The molecule has 136 valence electrons. The van der Waals surface area contributed by atoms with Crippen molar-refractivity contribution in [2.45, 2.75) is 38.0 Å². The summed E-state index contributed by atoms with van der Waals surface area (Å²) in [7, 11) is -4.90. The van der Waals surface area contributed by atoms with Gasteiger partial charge in [0.1, 0.15) is 5.75 Å². The van der Waals surface area contributed by atoms with Crippen molar-refractivity contribution < 1.29 is 21.6 Å². The third-order valence-electron chi connectivity index (χ3n) is 4.39. The third-order valence-corrected chi connectivity index (χ3v) is 7.83. The second-order valence-corrected chi connectivity index (χ2v) is 10.4. The minimum Gasteiger partial charge on any atom is -0.496 e. The summed E-state index contributed by atoms with van der Waals surface area (Å²) in [6, 6.07) is 3.33. The zero-order valence-corrected chi connectivity index (χ0v) is 16.0. The van der Waals surface area contributed by atoms with Gasteiger partial charge in [0.2, 0.25) is 10.0 Å². The normalized spacial score (nSPS) is 20.2. The van der Waals surface area contributed by atoms with Crippen LogP contribution in [0, 0.1) is 19.8 Å². The molecule has 0 aromatic heterocycles. The summed E-state index contributed by atoms with van der Waals surface area (Å²) in [4.78, 5) is 0.254. The van der Waals surface area contributed by atoms with Crippen LogP contribution in [0.4, 0.5) is 0 Å². The van der Waals surface area contributed by atoms with Crippen LogP contribution in [0.1, 0.15) is 30.4 Å². The second-order valence-electron chi connectivity index (χ2n) is 6.40. The molecule has 0 saturated carbocycles. The molecule has 2 rings (SSSR count). The van der Waals surface area contributed by atoms with Crippen molar-refractivity contribution in [3.63, 3.8) is 0 Å². The molecule has 1 unspecified atom stereocenters. The fourth-order valence-corrected chi connectivity index (χ4v) is 6.34. The first-order valence-corrected chi connectivity index (χ1v) is 11.3. The molecule has 0 bridgehead atoms. The van der Waals surface area contributed by atoms with Crippen LogP contribution < -0.4 is 9.46 Å². The standard InChI is InChI=1S/C16H25NO5S2/c1-12-10-16(13(2)9-15(12)22-3)24(20,21)17-7-4-5-14-6-8-23(18,19)11-14/h9-10,14,17H,4-8,11H2,1-3H3. The lowest BCUT2D eigenvalue weighted by molar-refractivity contribution is 0.411. The van der Waals surface area contributed by atoms with Crippen molar-refractivity contribution in [2.75, 3.05) is 25.2 Å². The van der Waals surface area contributed by atoms with Gasteiger partial charge >= 0.3 is 0 Å². The summed E-state index contributed by atoms with van der Waals surface area (Å²) in [5, 5.41) is 0. The van der Waals surface area contributed by atoms with Crippen molar-refractivity contribution in [1.82, 2.24) is 4.72 Å². The monoisotopic (exact) mass is 375 g/mol. The Balaban J connectivity index is 1.93. The van der Waals surface area contributed by atoms with Gasteiger partial charge in [0.15, 0.2) is 9.84 Å². The number of nitrogens with one attached hydrogen (secondary N) is 1. The number of sulfonamides is 1. The number of rotatable bonds is 7. The molecule has 6 nitrogen and oxygen atoms in total. The van der Waals surface area contributed by atoms with E-state index in [1.54, 1.807) is 33.1 Å². The highest BCUT2D eigenvalue weighted by Gasteiger charge is 2.27. The summed E-state index contributed by atoms with van der Waals surface area (Å²) in [6.07, 6.45) is 2.04. The Hall–Kier alpha value is -1.12. The molecule has 1 aromatic carbocycles. The molecule has 8 heteroatoms. The maximum Gasteiger partial charge on any atom is 0.240 e. The Bertz CT molecular complexity index is 800. The third kappa shape index (κ3) is 4.70. The number of sulfone groups is 1. The number of methoxy groups -OCH3 is 1. The van der Waals surface area contributed by atoms with Gasteiger partial charge in [0.25, 0.3) is 0 Å². The first-order chi connectivity index (χ1) is 11.1. The quantitative estimate of drug-likeness (QED) is 0.734. The van der Waals surface area contributed by atoms with Gasteiger partial charge in [-0.25, -0.2) is 21.6 Å². The van der Waals surface area contributed by atoms with E-state index < -0.39 is 19.9 Å². The summed E-state index contributed by atoms with van der Waals surface area (Å²) < 4.78 is 55.6. The second kappa shape index (κ2) is 7.41. The van der Waals surface area contributed by atoms with E-state index in [-0.39, 0.29) is 22.3 Å². The minimum absolute atomic E-state index is 0.157. The topological polar surface area (TPSA) is 89.5 Å². The number of benzene rings is 1. The van der Waals surface area contributed by atoms with Crippen molar-refractivity contribution in [3.05, 3.63) is 23.3 Å². The van der Waals surface area contributed by atoms with Gasteiger partial charge in [-0.05, 0) is 62.3 Å². The number of aryl methyl sites for hydroxylation is 2. The molecule has 0 radical (unpaired) electrons. The molecule has 1 aromatic rings. The molecule has 1 atom stereocenters. The average Bonchev–Trinajstić information content (AvgIpc) is 2.84. The van der Waals surface area contributed by atoms with E-state index in [4.69, 9.17) is 4.74 Å². The molecule has 0 amide bonds. The minimum atomic E-state index is -3.58. The Morgan fingerprint density at radius 2 is 1.96 bits per heavy atom. The first-order valence-electron chi connectivity index (χ1n) is 8.00. The number of hydrogen-bond acceptors (Lipinski definition) is 5. The van der Waals surface area contributed by atoms with E-state index in [0.717, 1.165) is 12.0 Å². The smallest absolute Gasteiger partial charge is 0.240 e. The maximum absolute atomic E-state index is 12.5. The molecule has 1 N–H and O–H groups in total. The summed E-state index contributed by atoms with van der Waals surface area (Å²) in [6.45, 7) is 3.85. The van der Waals surface area contributed by atoms with Gasteiger partial charge in [0.05, 0.1) is 23.5 Å². The highest BCUT2D eigenvalue weighted by atomic mass is 32.2. The predicted molar refractivity (Wildman–Crippen MR) is 93.7 cm³/mol. The van der Waals surface area contributed by atoms with Gasteiger partial charge in [0, 0.05) is 6.54 Å². The summed E-state index contributed by atoms with van der Waals surface area (Å²) >= 11 is 0. The molecule has 1 saturated heterocycles. The molecule has 1 fully saturated rings.